The summed E-state index contributed by atoms with van der Waals surface area (Å²) in [6.45, 7) is 2.12. The van der Waals surface area contributed by atoms with Crippen molar-refractivity contribution in [2.75, 3.05) is 0 Å². The molecule has 4 rings (SSSR count). The number of nitrogens with two attached hydrogens (primary N) is 1. The van der Waals surface area contributed by atoms with Gasteiger partial charge in [0.05, 0.1) is 11.1 Å². The first-order valence-electron chi connectivity index (χ1n) is 6.83. The molecule has 2 N–H and O–H groups in total. The molecule has 1 aliphatic carbocycles. The standard InChI is InChI=1S/C15H15N3O2/c1-2-9-3-4-12-10(7-9)11(8-19-12)13-17-14(18-20-13)15(16)5-6-15/h3-4,7-8H,2,5-6,16H2,1H3. The molecule has 0 amide bonds. The van der Waals surface area contributed by atoms with Crippen LogP contribution >= 0.6 is 0 Å². The Hall–Kier alpha value is -2.14. The number of hydrogen-bond acceptors (Lipinski definition) is 5. The quantitative estimate of drug-likeness (QED) is 0.790. The fraction of sp³-hybridized carbons (Fsp3) is 0.333. The van der Waals surface area contributed by atoms with Crippen molar-refractivity contribution < 1.29 is 8.94 Å². The van der Waals surface area contributed by atoms with E-state index in [4.69, 9.17) is 14.7 Å². The van der Waals surface area contributed by atoms with E-state index >= 15 is 0 Å². The average molecular weight is 269 g/mol. The van der Waals surface area contributed by atoms with Crippen molar-refractivity contribution in [3.8, 4) is 11.5 Å². The van der Waals surface area contributed by atoms with Crippen molar-refractivity contribution in [2.45, 2.75) is 31.7 Å². The first kappa shape index (κ1) is 11.7. The molecule has 1 saturated carbocycles. The molecule has 102 valence electrons. The molecule has 0 bridgehead atoms. The lowest BCUT2D eigenvalue weighted by Gasteiger charge is -1.98. The first-order valence-corrected chi connectivity index (χ1v) is 6.83. The van der Waals surface area contributed by atoms with Crippen LogP contribution in [-0.4, -0.2) is 10.1 Å². The van der Waals surface area contributed by atoms with Crippen LogP contribution in [0.1, 0.15) is 31.2 Å². The molecule has 0 spiro atoms. The Morgan fingerprint density at radius 1 is 1.35 bits per heavy atom. The van der Waals surface area contributed by atoms with Gasteiger partial charge in [0.1, 0.15) is 11.8 Å². The van der Waals surface area contributed by atoms with Gasteiger partial charge < -0.3 is 14.7 Å². The van der Waals surface area contributed by atoms with Crippen LogP contribution in [0.2, 0.25) is 0 Å². The van der Waals surface area contributed by atoms with E-state index in [1.165, 1.54) is 5.56 Å². The van der Waals surface area contributed by atoms with E-state index in [0.29, 0.717) is 11.7 Å². The third-order valence-corrected chi connectivity index (χ3v) is 3.94. The van der Waals surface area contributed by atoms with Crippen LogP contribution in [0.15, 0.2) is 33.4 Å². The van der Waals surface area contributed by atoms with E-state index in [-0.39, 0.29) is 5.54 Å². The zero-order chi connectivity index (χ0) is 13.7. The smallest absolute Gasteiger partial charge is 0.261 e. The Morgan fingerprint density at radius 3 is 2.95 bits per heavy atom. The molecule has 0 atom stereocenters. The zero-order valence-corrected chi connectivity index (χ0v) is 11.2. The molecule has 2 aromatic heterocycles. The molecule has 0 aliphatic heterocycles. The average Bonchev–Trinajstić information content (AvgIpc) is 2.94. The molecular formula is C15H15N3O2. The largest absolute Gasteiger partial charge is 0.463 e. The number of benzene rings is 1. The maximum Gasteiger partial charge on any atom is 0.261 e. The van der Waals surface area contributed by atoms with Crippen molar-refractivity contribution in [1.29, 1.82) is 0 Å². The van der Waals surface area contributed by atoms with Crippen LogP contribution in [-0.2, 0) is 12.0 Å². The Bertz CT molecular complexity index is 783. The lowest BCUT2D eigenvalue weighted by atomic mass is 10.1. The number of furan rings is 1. The highest BCUT2D eigenvalue weighted by atomic mass is 16.5. The van der Waals surface area contributed by atoms with Crippen LogP contribution in [0.3, 0.4) is 0 Å². The molecule has 1 aliphatic rings. The Labute approximate surface area is 115 Å². The third kappa shape index (κ3) is 1.67. The predicted molar refractivity (Wildman–Crippen MR) is 74.0 cm³/mol. The highest BCUT2D eigenvalue weighted by molar-refractivity contribution is 5.92. The lowest BCUT2D eigenvalue weighted by Crippen LogP contribution is -2.20. The SMILES string of the molecule is CCc1ccc2occ(-c3nc(C4(N)CC4)no3)c2c1. The Balaban J connectivity index is 1.83. The van der Waals surface area contributed by atoms with Crippen molar-refractivity contribution in [3.05, 3.63) is 35.9 Å². The van der Waals surface area contributed by atoms with Gasteiger partial charge in [-0.25, -0.2) is 0 Å². The molecule has 2 heterocycles. The van der Waals surface area contributed by atoms with Gasteiger partial charge in [0.2, 0.25) is 0 Å². The van der Waals surface area contributed by atoms with Gasteiger partial charge in [-0.15, -0.1) is 0 Å². The van der Waals surface area contributed by atoms with Crippen LogP contribution in [0, 0.1) is 0 Å². The number of aryl methyl sites for hydroxylation is 1. The summed E-state index contributed by atoms with van der Waals surface area (Å²) in [6.07, 6.45) is 4.47. The molecule has 0 unspecified atom stereocenters. The van der Waals surface area contributed by atoms with Crippen molar-refractivity contribution in [2.24, 2.45) is 5.73 Å². The van der Waals surface area contributed by atoms with Gasteiger partial charge in [0, 0.05) is 5.39 Å². The topological polar surface area (TPSA) is 78.1 Å². The van der Waals surface area contributed by atoms with Crippen LogP contribution in [0.25, 0.3) is 22.4 Å². The van der Waals surface area contributed by atoms with Gasteiger partial charge >= 0.3 is 0 Å². The van der Waals surface area contributed by atoms with E-state index < -0.39 is 0 Å². The first-order chi connectivity index (χ1) is 9.69. The summed E-state index contributed by atoms with van der Waals surface area (Å²) in [6, 6.07) is 6.14. The molecule has 3 aromatic rings. The monoisotopic (exact) mass is 269 g/mol. The molecule has 0 saturated heterocycles. The lowest BCUT2D eigenvalue weighted by molar-refractivity contribution is 0.414. The molecule has 5 heteroatoms. The van der Waals surface area contributed by atoms with E-state index in [1.54, 1.807) is 6.26 Å². The summed E-state index contributed by atoms with van der Waals surface area (Å²) in [5.74, 6) is 1.07. The normalized spacial score (nSPS) is 16.7. The number of hydrogen-bond donors (Lipinski definition) is 1. The van der Waals surface area contributed by atoms with Crippen LogP contribution < -0.4 is 5.73 Å². The van der Waals surface area contributed by atoms with Gasteiger partial charge in [-0.1, -0.05) is 18.1 Å². The van der Waals surface area contributed by atoms with Crippen LogP contribution in [0.4, 0.5) is 0 Å². The van der Waals surface area contributed by atoms with Crippen molar-refractivity contribution in [3.63, 3.8) is 0 Å². The third-order valence-electron chi connectivity index (χ3n) is 3.94. The summed E-state index contributed by atoms with van der Waals surface area (Å²) >= 11 is 0. The second kappa shape index (κ2) is 3.93. The van der Waals surface area contributed by atoms with Crippen molar-refractivity contribution in [1.82, 2.24) is 10.1 Å². The van der Waals surface area contributed by atoms with Gasteiger partial charge in [0.25, 0.3) is 5.89 Å². The van der Waals surface area contributed by atoms with Gasteiger partial charge in [-0.3, -0.25) is 0 Å². The molecule has 0 radical (unpaired) electrons. The molecule has 1 aromatic carbocycles. The maximum atomic E-state index is 6.08. The van der Waals surface area contributed by atoms with Gasteiger partial charge in [-0.05, 0) is 37.0 Å². The number of nitrogens with zero attached hydrogens (tertiary/aromatic N) is 2. The summed E-state index contributed by atoms with van der Waals surface area (Å²) in [5, 5.41) is 5.00. The minimum absolute atomic E-state index is 0.379. The van der Waals surface area contributed by atoms with E-state index in [2.05, 4.69) is 29.2 Å². The van der Waals surface area contributed by atoms with Crippen LogP contribution in [0.5, 0.6) is 0 Å². The van der Waals surface area contributed by atoms with E-state index in [9.17, 15) is 0 Å². The number of aromatic nitrogens is 2. The fourth-order valence-electron chi connectivity index (χ4n) is 2.36. The number of fused-ring (bicyclic) bond motifs is 1. The minimum Gasteiger partial charge on any atom is -0.463 e. The van der Waals surface area contributed by atoms with E-state index in [0.717, 1.165) is 35.8 Å². The fourth-order valence-corrected chi connectivity index (χ4v) is 2.36. The van der Waals surface area contributed by atoms with Gasteiger partial charge in [0.15, 0.2) is 5.82 Å². The van der Waals surface area contributed by atoms with E-state index in [1.807, 2.05) is 6.07 Å². The molecule has 20 heavy (non-hydrogen) atoms. The highest BCUT2D eigenvalue weighted by Gasteiger charge is 2.44. The minimum atomic E-state index is -0.379. The summed E-state index contributed by atoms with van der Waals surface area (Å²) in [5.41, 5.74) is 8.61. The molecule has 5 nitrogen and oxygen atoms in total. The second-order valence-electron chi connectivity index (χ2n) is 5.41. The summed E-state index contributed by atoms with van der Waals surface area (Å²) < 4.78 is 10.9. The maximum absolute atomic E-state index is 6.08. The predicted octanol–water partition coefficient (Wildman–Crippen LogP) is 2.99. The Kier molecular flexibility index (Phi) is 2.29. The van der Waals surface area contributed by atoms with Gasteiger partial charge in [-0.2, -0.15) is 4.98 Å². The number of rotatable bonds is 3. The Morgan fingerprint density at radius 2 is 2.20 bits per heavy atom. The second-order valence-corrected chi connectivity index (χ2v) is 5.41. The zero-order valence-electron chi connectivity index (χ0n) is 11.2. The van der Waals surface area contributed by atoms with Crippen molar-refractivity contribution >= 4 is 11.0 Å². The molecule has 1 fully saturated rings. The highest BCUT2D eigenvalue weighted by Crippen LogP contribution is 2.42. The summed E-state index contributed by atoms with van der Waals surface area (Å²) in [4.78, 5) is 4.43. The molecular weight excluding hydrogens is 254 g/mol. The summed E-state index contributed by atoms with van der Waals surface area (Å²) in [7, 11) is 0.